The molecule has 0 bridgehead atoms. The van der Waals surface area contributed by atoms with E-state index >= 15 is 0 Å². The lowest BCUT2D eigenvalue weighted by Gasteiger charge is -2.20. The highest BCUT2D eigenvalue weighted by molar-refractivity contribution is 6.03. The molecule has 0 unspecified atom stereocenters. The van der Waals surface area contributed by atoms with Crippen molar-refractivity contribution >= 4 is 40.3 Å². The Balaban J connectivity index is 1.21. The van der Waals surface area contributed by atoms with Crippen LogP contribution in [0.3, 0.4) is 0 Å². The number of ether oxygens (including phenoxy) is 3. The Morgan fingerprint density at radius 2 is 1.74 bits per heavy atom. The van der Waals surface area contributed by atoms with Crippen molar-refractivity contribution in [3.8, 4) is 11.5 Å². The van der Waals surface area contributed by atoms with Gasteiger partial charge in [0.25, 0.3) is 5.91 Å². The van der Waals surface area contributed by atoms with E-state index in [9.17, 15) is 14.4 Å². The first-order valence-electron chi connectivity index (χ1n) is 11.4. The lowest BCUT2D eigenvalue weighted by molar-refractivity contribution is -0.123. The SMILES string of the molecule is O=C(COC(=O)c1cc2ccccc2nc1N1CCCC1)NC(=O)Nc1ccc2c(c1)OCCO2. The average Bonchev–Trinajstić information content (AvgIpc) is 3.41. The summed E-state index contributed by atoms with van der Waals surface area (Å²) in [5.41, 5.74) is 1.49. The Morgan fingerprint density at radius 1 is 0.971 bits per heavy atom. The van der Waals surface area contributed by atoms with Gasteiger partial charge in [-0.25, -0.2) is 14.6 Å². The van der Waals surface area contributed by atoms with Gasteiger partial charge in [0.2, 0.25) is 0 Å². The van der Waals surface area contributed by atoms with E-state index in [-0.39, 0.29) is 0 Å². The fraction of sp³-hybridized carbons (Fsp3) is 0.280. The predicted molar refractivity (Wildman–Crippen MR) is 128 cm³/mol. The third-order valence-corrected chi connectivity index (χ3v) is 5.72. The van der Waals surface area contributed by atoms with E-state index in [1.54, 1.807) is 24.3 Å². The summed E-state index contributed by atoms with van der Waals surface area (Å²) >= 11 is 0. The van der Waals surface area contributed by atoms with Crippen molar-refractivity contribution in [2.45, 2.75) is 12.8 Å². The first-order chi connectivity index (χ1) is 17.1. The minimum atomic E-state index is -0.759. The van der Waals surface area contributed by atoms with E-state index in [0.717, 1.165) is 36.8 Å². The van der Waals surface area contributed by atoms with Crippen molar-refractivity contribution in [3.63, 3.8) is 0 Å². The first kappa shape index (κ1) is 22.5. The fourth-order valence-electron chi connectivity index (χ4n) is 4.08. The minimum Gasteiger partial charge on any atom is -0.486 e. The quantitative estimate of drug-likeness (QED) is 0.539. The van der Waals surface area contributed by atoms with Gasteiger partial charge in [0.1, 0.15) is 24.6 Å². The number of benzene rings is 2. The Hall–Kier alpha value is -4.34. The van der Waals surface area contributed by atoms with Crippen molar-refractivity contribution in [1.82, 2.24) is 10.3 Å². The molecule has 2 aliphatic heterocycles. The number of para-hydroxylation sites is 1. The highest BCUT2D eigenvalue weighted by Gasteiger charge is 2.24. The molecule has 2 aliphatic rings. The number of anilines is 2. The van der Waals surface area contributed by atoms with Gasteiger partial charge in [0, 0.05) is 30.2 Å². The molecule has 0 atom stereocenters. The van der Waals surface area contributed by atoms with E-state index in [2.05, 4.69) is 15.6 Å². The number of aromatic nitrogens is 1. The molecular weight excluding hydrogens is 452 g/mol. The highest BCUT2D eigenvalue weighted by atomic mass is 16.6. The lowest BCUT2D eigenvalue weighted by Crippen LogP contribution is -2.37. The molecule has 0 saturated carbocycles. The Kier molecular flexibility index (Phi) is 6.34. The zero-order valence-electron chi connectivity index (χ0n) is 18.9. The first-order valence-corrected chi connectivity index (χ1v) is 11.4. The second-order valence-electron chi connectivity index (χ2n) is 8.18. The molecule has 10 nitrogen and oxygen atoms in total. The number of urea groups is 1. The summed E-state index contributed by atoms with van der Waals surface area (Å²) in [6, 6.07) is 13.4. The third kappa shape index (κ3) is 5.11. The summed E-state index contributed by atoms with van der Waals surface area (Å²) in [4.78, 5) is 44.1. The molecule has 2 N–H and O–H groups in total. The van der Waals surface area contributed by atoms with Crippen LogP contribution in [0.25, 0.3) is 10.9 Å². The van der Waals surface area contributed by atoms with E-state index in [1.165, 1.54) is 0 Å². The van der Waals surface area contributed by atoms with Crippen LogP contribution in [0.4, 0.5) is 16.3 Å². The number of hydrogen-bond donors (Lipinski definition) is 2. The summed E-state index contributed by atoms with van der Waals surface area (Å²) in [5, 5.41) is 5.49. The largest absolute Gasteiger partial charge is 0.486 e. The van der Waals surface area contributed by atoms with Crippen LogP contribution in [0.1, 0.15) is 23.2 Å². The Bertz CT molecular complexity index is 1290. The Labute approximate surface area is 201 Å². The number of carbonyl (C=O) groups is 3. The average molecular weight is 476 g/mol. The van der Waals surface area contributed by atoms with Gasteiger partial charge in [0.05, 0.1) is 5.52 Å². The van der Waals surface area contributed by atoms with Crippen molar-refractivity contribution in [2.24, 2.45) is 0 Å². The van der Waals surface area contributed by atoms with Gasteiger partial charge in [0.15, 0.2) is 18.1 Å². The molecule has 0 aliphatic carbocycles. The van der Waals surface area contributed by atoms with Gasteiger partial charge in [-0.3, -0.25) is 10.1 Å². The van der Waals surface area contributed by atoms with Crippen LogP contribution in [-0.4, -0.2) is 55.8 Å². The molecule has 10 heteroatoms. The molecule has 1 aromatic heterocycles. The van der Waals surface area contributed by atoms with Crippen LogP contribution in [0.15, 0.2) is 48.5 Å². The fourth-order valence-corrected chi connectivity index (χ4v) is 4.08. The van der Waals surface area contributed by atoms with Crippen LogP contribution in [-0.2, 0) is 9.53 Å². The molecule has 3 aromatic rings. The molecular formula is C25H24N4O6. The zero-order chi connectivity index (χ0) is 24.2. The molecule has 180 valence electrons. The van der Waals surface area contributed by atoms with Crippen molar-refractivity contribution < 1.29 is 28.6 Å². The monoisotopic (exact) mass is 476 g/mol. The summed E-state index contributed by atoms with van der Waals surface area (Å²) in [5.74, 6) is 0.203. The number of nitrogens with one attached hydrogen (secondary N) is 2. The number of hydrogen-bond acceptors (Lipinski definition) is 8. The van der Waals surface area contributed by atoms with Gasteiger partial charge >= 0.3 is 12.0 Å². The van der Waals surface area contributed by atoms with Gasteiger partial charge in [-0.15, -0.1) is 0 Å². The molecule has 5 rings (SSSR count). The zero-order valence-corrected chi connectivity index (χ0v) is 18.9. The van der Waals surface area contributed by atoms with Crippen LogP contribution in [0, 0.1) is 0 Å². The summed E-state index contributed by atoms with van der Waals surface area (Å²) in [7, 11) is 0. The molecule has 2 aromatic carbocycles. The molecule has 0 radical (unpaired) electrons. The highest BCUT2D eigenvalue weighted by Crippen LogP contribution is 2.32. The van der Waals surface area contributed by atoms with Gasteiger partial charge < -0.3 is 24.4 Å². The number of amides is 3. The third-order valence-electron chi connectivity index (χ3n) is 5.72. The predicted octanol–water partition coefficient (Wildman–Crippen LogP) is 3.11. The van der Waals surface area contributed by atoms with Crippen molar-refractivity contribution in [2.75, 3.05) is 43.1 Å². The number of rotatable bonds is 5. The molecule has 3 amide bonds. The molecule has 35 heavy (non-hydrogen) atoms. The summed E-state index contributed by atoms with van der Waals surface area (Å²) < 4.78 is 16.1. The standard InChI is InChI=1S/C25H24N4O6/c30-22(28-25(32)26-17-7-8-20-21(14-17)34-12-11-33-20)15-35-24(31)18-13-16-5-1-2-6-19(16)27-23(18)29-9-3-4-10-29/h1-2,5-8,13-14H,3-4,9-12,15H2,(H2,26,28,30,32). The number of imide groups is 1. The van der Waals surface area contributed by atoms with E-state index in [0.29, 0.717) is 41.8 Å². The molecule has 3 heterocycles. The van der Waals surface area contributed by atoms with Crippen LogP contribution in [0.5, 0.6) is 11.5 Å². The maximum atomic E-state index is 12.9. The topological polar surface area (TPSA) is 119 Å². The molecule has 1 fully saturated rings. The van der Waals surface area contributed by atoms with Gasteiger partial charge in [-0.2, -0.15) is 0 Å². The second kappa shape index (κ2) is 9.88. The number of esters is 1. The van der Waals surface area contributed by atoms with Gasteiger partial charge in [-0.1, -0.05) is 18.2 Å². The smallest absolute Gasteiger partial charge is 0.342 e. The summed E-state index contributed by atoms with van der Waals surface area (Å²) in [6.07, 6.45) is 2.04. The lowest BCUT2D eigenvalue weighted by atomic mass is 10.1. The number of fused-ring (bicyclic) bond motifs is 2. The van der Waals surface area contributed by atoms with Crippen molar-refractivity contribution in [1.29, 1.82) is 0 Å². The Morgan fingerprint density at radius 3 is 2.57 bits per heavy atom. The molecule has 1 saturated heterocycles. The number of pyridine rings is 1. The number of nitrogens with zero attached hydrogens (tertiary/aromatic N) is 2. The van der Waals surface area contributed by atoms with E-state index in [1.807, 2.05) is 29.2 Å². The van der Waals surface area contributed by atoms with Crippen LogP contribution < -0.4 is 25.0 Å². The van der Waals surface area contributed by atoms with Gasteiger partial charge in [-0.05, 0) is 37.1 Å². The van der Waals surface area contributed by atoms with Crippen molar-refractivity contribution in [3.05, 3.63) is 54.1 Å². The maximum Gasteiger partial charge on any atom is 0.342 e. The maximum absolute atomic E-state index is 12.9. The minimum absolute atomic E-state index is 0.291. The van der Waals surface area contributed by atoms with Crippen LogP contribution >= 0.6 is 0 Å². The summed E-state index contributed by atoms with van der Waals surface area (Å²) in [6.45, 7) is 1.86. The number of carbonyl (C=O) groups excluding carboxylic acids is 3. The van der Waals surface area contributed by atoms with E-state index < -0.39 is 24.5 Å². The second-order valence-corrected chi connectivity index (χ2v) is 8.18. The van der Waals surface area contributed by atoms with Crippen LogP contribution in [0.2, 0.25) is 0 Å². The van der Waals surface area contributed by atoms with E-state index in [4.69, 9.17) is 14.2 Å². The normalized spacial score (nSPS) is 14.5. The molecule has 0 spiro atoms.